The van der Waals surface area contributed by atoms with Gasteiger partial charge in [-0.2, -0.15) is 0 Å². The monoisotopic (exact) mass is 465 g/mol. The van der Waals surface area contributed by atoms with Crippen LogP contribution in [0, 0.1) is 0 Å². The van der Waals surface area contributed by atoms with Gasteiger partial charge in [0, 0.05) is 33.5 Å². The van der Waals surface area contributed by atoms with Crippen LogP contribution in [-0.4, -0.2) is 22.0 Å². The Balaban J connectivity index is 1.61. The van der Waals surface area contributed by atoms with Gasteiger partial charge >= 0.3 is 0 Å². The molecule has 0 aliphatic rings. The van der Waals surface area contributed by atoms with E-state index >= 15 is 0 Å². The van der Waals surface area contributed by atoms with Crippen molar-refractivity contribution < 1.29 is 9.59 Å². The van der Waals surface area contributed by atoms with E-state index in [0.717, 1.165) is 16.1 Å². The van der Waals surface area contributed by atoms with Crippen LogP contribution in [0.1, 0.15) is 13.8 Å². The van der Waals surface area contributed by atoms with Gasteiger partial charge in [-0.25, -0.2) is 4.98 Å². The molecule has 0 saturated carbocycles. The van der Waals surface area contributed by atoms with Crippen molar-refractivity contribution >= 4 is 68.9 Å². The molecule has 0 saturated heterocycles. The first-order chi connectivity index (χ1) is 13.8. The molecular weight excluding hydrogens is 449 g/mol. The molecule has 150 valence electrons. The molecule has 1 unspecified atom stereocenters. The summed E-state index contributed by atoms with van der Waals surface area (Å²) in [5.74, 6) is -0.273. The van der Waals surface area contributed by atoms with Crippen molar-refractivity contribution in [3.63, 3.8) is 0 Å². The minimum Gasteiger partial charge on any atom is -0.326 e. The Morgan fingerprint density at radius 1 is 1.10 bits per heavy atom. The molecule has 2 aromatic carbocycles. The van der Waals surface area contributed by atoms with Gasteiger partial charge in [-0.15, -0.1) is 23.1 Å². The average Bonchev–Trinajstić information content (AvgIpc) is 3.11. The van der Waals surface area contributed by atoms with Crippen molar-refractivity contribution in [3.05, 3.63) is 57.9 Å². The first kappa shape index (κ1) is 21.6. The molecule has 0 fully saturated rings. The highest BCUT2D eigenvalue weighted by Gasteiger charge is 2.17. The van der Waals surface area contributed by atoms with Gasteiger partial charge in [-0.05, 0) is 49.4 Å². The summed E-state index contributed by atoms with van der Waals surface area (Å²) in [6.45, 7) is 3.28. The molecule has 0 radical (unpaired) electrons. The van der Waals surface area contributed by atoms with Crippen molar-refractivity contribution in [2.24, 2.45) is 0 Å². The third kappa shape index (κ3) is 5.96. The summed E-state index contributed by atoms with van der Waals surface area (Å²) in [6.07, 6.45) is 0. The van der Waals surface area contributed by atoms with E-state index in [0.29, 0.717) is 20.9 Å². The third-order valence-electron chi connectivity index (χ3n) is 3.80. The Labute approximate surface area is 186 Å². The topological polar surface area (TPSA) is 71.1 Å². The fraction of sp³-hybridized carbons (Fsp3) is 0.150. The number of nitrogens with one attached hydrogen (secondary N) is 2. The zero-order valence-corrected chi connectivity index (χ0v) is 18.7. The number of benzene rings is 2. The predicted molar refractivity (Wildman–Crippen MR) is 122 cm³/mol. The Kier molecular flexibility index (Phi) is 7.18. The smallest absolute Gasteiger partial charge is 0.239 e. The van der Waals surface area contributed by atoms with Gasteiger partial charge in [-0.1, -0.05) is 23.2 Å². The molecule has 3 rings (SSSR count). The SMILES string of the molecule is CC(=O)Nc1ccc(SC(C)C(=O)Nc2nc(-c3ccc(Cl)cc3Cl)cs2)cc1. The average molecular weight is 466 g/mol. The van der Waals surface area contributed by atoms with Gasteiger partial charge < -0.3 is 10.6 Å². The second kappa shape index (κ2) is 9.63. The molecule has 0 aliphatic carbocycles. The number of rotatable bonds is 6. The van der Waals surface area contributed by atoms with Crippen LogP contribution in [0.3, 0.4) is 0 Å². The quantitative estimate of drug-likeness (QED) is 0.425. The molecule has 3 aromatic rings. The highest BCUT2D eigenvalue weighted by molar-refractivity contribution is 8.00. The highest BCUT2D eigenvalue weighted by Crippen LogP contribution is 2.33. The Morgan fingerprint density at radius 3 is 2.48 bits per heavy atom. The first-order valence-electron chi connectivity index (χ1n) is 8.58. The number of anilines is 2. The van der Waals surface area contributed by atoms with Gasteiger partial charge in [0.25, 0.3) is 0 Å². The lowest BCUT2D eigenvalue weighted by Gasteiger charge is -2.11. The normalized spacial score (nSPS) is 11.7. The summed E-state index contributed by atoms with van der Waals surface area (Å²) in [5.41, 5.74) is 2.16. The van der Waals surface area contributed by atoms with Crippen LogP contribution in [0.25, 0.3) is 11.3 Å². The summed E-state index contributed by atoms with van der Waals surface area (Å²) in [4.78, 5) is 29.0. The number of thioether (sulfide) groups is 1. The van der Waals surface area contributed by atoms with Crippen molar-refractivity contribution in [1.29, 1.82) is 0 Å². The maximum atomic E-state index is 12.5. The van der Waals surface area contributed by atoms with Crippen molar-refractivity contribution in [2.75, 3.05) is 10.6 Å². The Hall–Kier alpha value is -2.06. The number of carbonyl (C=O) groups excluding carboxylic acids is 2. The predicted octanol–water partition coefficient (Wildman–Crippen LogP) is 6.19. The summed E-state index contributed by atoms with van der Waals surface area (Å²) in [7, 11) is 0. The van der Waals surface area contributed by atoms with E-state index in [2.05, 4.69) is 15.6 Å². The van der Waals surface area contributed by atoms with Crippen LogP contribution in [0.4, 0.5) is 10.8 Å². The molecule has 0 aliphatic heterocycles. The lowest BCUT2D eigenvalue weighted by Crippen LogP contribution is -2.22. The van der Waals surface area contributed by atoms with E-state index in [4.69, 9.17) is 23.2 Å². The van der Waals surface area contributed by atoms with Gasteiger partial charge in [0.05, 0.1) is 16.0 Å². The molecule has 1 heterocycles. The van der Waals surface area contributed by atoms with Crippen molar-refractivity contribution in [2.45, 2.75) is 24.0 Å². The second-order valence-corrected chi connectivity index (χ2v) is 9.23. The Bertz CT molecular complexity index is 1040. The fourth-order valence-electron chi connectivity index (χ4n) is 2.44. The summed E-state index contributed by atoms with van der Waals surface area (Å²) in [5, 5.41) is 8.63. The van der Waals surface area contributed by atoms with Crippen molar-refractivity contribution in [1.82, 2.24) is 4.98 Å². The zero-order chi connectivity index (χ0) is 21.0. The molecular formula is C20H17Cl2N3O2S2. The van der Waals surface area contributed by atoms with E-state index in [9.17, 15) is 9.59 Å². The van der Waals surface area contributed by atoms with Gasteiger partial charge in [-0.3, -0.25) is 9.59 Å². The molecule has 5 nitrogen and oxygen atoms in total. The zero-order valence-electron chi connectivity index (χ0n) is 15.5. The number of aromatic nitrogens is 1. The molecule has 0 spiro atoms. The maximum absolute atomic E-state index is 12.5. The van der Waals surface area contributed by atoms with E-state index in [1.807, 2.05) is 24.4 Å². The van der Waals surface area contributed by atoms with Crippen LogP contribution >= 0.6 is 46.3 Å². The number of halogens is 2. The molecule has 29 heavy (non-hydrogen) atoms. The number of nitrogens with zero attached hydrogens (tertiary/aromatic N) is 1. The summed E-state index contributed by atoms with van der Waals surface area (Å²) in [6, 6.07) is 12.5. The molecule has 9 heteroatoms. The van der Waals surface area contributed by atoms with E-state index in [1.165, 1.54) is 30.0 Å². The summed E-state index contributed by atoms with van der Waals surface area (Å²) >= 11 is 14.9. The number of hydrogen-bond donors (Lipinski definition) is 2. The fourth-order valence-corrected chi connectivity index (χ4v) is 4.52. The summed E-state index contributed by atoms with van der Waals surface area (Å²) < 4.78 is 0. The van der Waals surface area contributed by atoms with Crippen LogP contribution in [-0.2, 0) is 9.59 Å². The number of amides is 2. The highest BCUT2D eigenvalue weighted by atomic mass is 35.5. The van der Waals surface area contributed by atoms with E-state index < -0.39 is 0 Å². The minimum absolute atomic E-state index is 0.124. The third-order valence-corrected chi connectivity index (χ3v) is 6.22. The molecule has 2 amide bonds. The molecule has 1 atom stereocenters. The second-order valence-electron chi connectivity index (χ2n) is 6.12. The molecule has 1 aromatic heterocycles. The molecule has 2 N–H and O–H groups in total. The van der Waals surface area contributed by atoms with Gasteiger partial charge in [0.2, 0.25) is 11.8 Å². The maximum Gasteiger partial charge on any atom is 0.239 e. The largest absolute Gasteiger partial charge is 0.326 e. The number of carbonyl (C=O) groups is 2. The van der Waals surface area contributed by atoms with Gasteiger partial charge in [0.1, 0.15) is 0 Å². The van der Waals surface area contributed by atoms with Crippen LogP contribution in [0.15, 0.2) is 52.7 Å². The molecule has 0 bridgehead atoms. The Morgan fingerprint density at radius 2 is 1.83 bits per heavy atom. The van der Waals surface area contributed by atoms with Crippen LogP contribution < -0.4 is 10.6 Å². The van der Waals surface area contributed by atoms with E-state index in [1.54, 1.807) is 30.3 Å². The van der Waals surface area contributed by atoms with Crippen LogP contribution in [0.2, 0.25) is 10.0 Å². The number of thiazole rings is 1. The van der Waals surface area contributed by atoms with Crippen LogP contribution in [0.5, 0.6) is 0 Å². The standard InChI is InChI=1S/C20H17Cl2N3O2S2/c1-11(29-15-6-4-14(5-7-15)23-12(2)26)19(27)25-20-24-18(10-28-20)16-8-3-13(21)9-17(16)22/h3-11H,1-2H3,(H,23,26)(H,24,25,27). The number of hydrogen-bond acceptors (Lipinski definition) is 5. The van der Waals surface area contributed by atoms with E-state index in [-0.39, 0.29) is 17.1 Å². The lowest BCUT2D eigenvalue weighted by atomic mass is 10.2. The minimum atomic E-state index is -0.326. The van der Waals surface area contributed by atoms with Crippen molar-refractivity contribution in [3.8, 4) is 11.3 Å². The van der Waals surface area contributed by atoms with Gasteiger partial charge in [0.15, 0.2) is 5.13 Å². The lowest BCUT2D eigenvalue weighted by molar-refractivity contribution is -0.115. The first-order valence-corrected chi connectivity index (χ1v) is 11.1.